The molecule has 0 fully saturated rings. The number of benzene rings is 4. The molecule has 0 amide bonds. The number of rotatable bonds is 2. The smallest absolute Gasteiger partial charge is 0.0759 e. The Hall–Kier alpha value is -3.72. The van der Waals surface area contributed by atoms with Gasteiger partial charge in [-0.1, -0.05) is 67.8 Å². The van der Waals surface area contributed by atoms with Crippen molar-refractivity contribution in [2.24, 2.45) is 0 Å². The van der Waals surface area contributed by atoms with Crippen LogP contribution in [-0.4, -0.2) is 15.0 Å². The maximum absolute atomic E-state index is 4.94. The van der Waals surface area contributed by atoms with Gasteiger partial charge >= 0.3 is 0 Å². The Morgan fingerprint density at radius 2 is 1.51 bits per heavy atom. The zero-order valence-electron chi connectivity index (χ0n) is 20.3. The van der Waals surface area contributed by atoms with E-state index in [0.717, 1.165) is 46.4 Å². The first kappa shape index (κ1) is 25.0. The molecule has 1 aliphatic rings. The van der Waals surface area contributed by atoms with Crippen molar-refractivity contribution in [2.45, 2.75) is 25.7 Å². The third-order valence-electron chi connectivity index (χ3n) is 6.67. The number of aryl methyl sites for hydroxylation is 1. The number of pyridine rings is 1. The summed E-state index contributed by atoms with van der Waals surface area (Å²) < 4.78 is 0. The van der Waals surface area contributed by atoms with Gasteiger partial charge in [0.05, 0.1) is 11.3 Å². The second-order valence-corrected chi connectivity index (χ2v) is 8.97. The molecule has 4 aromatic carbocycles. The summed E-state index contributed by atoms with van der Waals surface area (Å²) in [6, 6.07) is 37.1. The topological polar surface area (TPSA) is 38.7 Å². The van der Waals surface area contributed by atoms with E-state index in [1.807, 2.05) is 54.7 Å². The second kappa shape index (κ2) is 11.6. The Bertz CT molecular complexity index is 1590. The van der Waals surface area contributed by atoms with Crippen molar-refractivity contribution in [1.29, 1.82) is 0 Å². The molecule has 1 aliphatic carbocycles. The fraction of sp³-hybridized carbons (Fsp3) is 0.121. The van der Waals surface area contributed by atoms with Gasteiger partial charge in [0.1, 0.15) is 0 Å². The first-order chi connectivity index (χ1) is 17.9. The second-order valence-electron chi connectivity index (χ2n) is 8.97. The molecule has 1 radical (unpaired) electrons. The van der Waals surface area contributed by atoms with Crippen molar-refractivity contribution in [3.63, 3.8) is 0 Å². The average Bonchev–Trinajstić information content (AvgIpc) is 2.98. The zero-order valence-corrected chi connectivity index (χ0v) is 22.7. The van der Waals surface area contributed by atoms with Crippen LogP contribution in [0.5, 0.6) is 0 Å². The predicted octanol–water partition coefficient (Wildman–Crippen LogP) is 7.68. The van der Waals surface area contributed by atoms with Crippen LogP contribution in [0.3, 0.4) is 0 Å². The van der Waals surface area contributed by atoms with Gasteiger partial charge in [0.15, 0.2) is 0 Å². The number of aromatic nitrogens is 3. The summed E-state index contributed by atoms with van der Waals surface area (Å²) >= 11 is 0. The predicted molar refractivity (Wildman–Crippen MR) is 146 cm³/mol. The van der Waals surface area contributed by atoms with E-state index in [1.54, 1.807) is 6.20 Å². The van der Waals surface area contributed by atoms with Crippen LogP contribution in [0.25, 0.3) is 44.3 Å². The number of nitrogens with zero attached hydrogens (tertiary/aromatic N) is 3. The Morgan fingerprint density at radius 1 is 0.676 bits per heavy atom. The van der Waals surface area contributed by atoms with Crippen LogP contribution in [0.4, 0.5) is 0 Å². The van der Waals surface area contributed by atoms with Crippen LogP contribution in [0, 0.1) is 12.1 Å². The van der Waals surface area contributed by atoms with Crippen molar-refractivity contribution < 1.29 is 20.1 Å². The van der Waals surface area contributed by atoms with Crippen molar-refractivity contribution >= 4 is 21.7 Å². The molecule has 0 saturated heterocycles. The summed E-state index contributed by atoms with van der Waals surface area (Å²) in [5.74, 6) is 0.803. The van der Waals surface area contributed by atoms with Crippen LogP contribution < -0.4 is 0 Å². The van der Waals surface area contributed by atoms with Gasteiger partial charge < -0.3 is 4.98 Å². The normalized spacial score (nSPS) is 12.2. The summed E-state index contributed by atoms with van der Waals surface area (Å²) in [5, 5.41) is 3.49. The fourth-order valence-electron chi connectivity index (χ4n) is 4.87. The van der Waals surface area contributed by atoms with Crippen molar-refractivity contribution in [3.8, 4) is 22.6 Å². The quantitative estimate of drug-likeness (QED) is 0.142. The van der Waals surface area contributed by atoms with Gasteiger partial charge in [0.25, 0.3) is 0 Å². The summed E-state index contributed by atoms with van der Waals surface area (Å²) in [7, 11) is 0. The molecule has 6 aromatic rings. The molecular formula is C33H25IrN3-2. The number of hydrogen-bond acceptors (Lipinski definition) is 3. The van der Waals surface area contributed by atoms with Crippen LogP contribution in [0.1, 0.15) is 24.0 Å². The van der Waals surface area contributed by atoms with E-state index >= 15 is 0 Å². The van der Waals surface area contributed by atoms with Crippen molar-refractivity contribution in [2.75, 3.05) is 0 Å². The molecule has 4 heteroatoms. The van der Waals surface area contributed by atoms with E-state index < -0.39 is 0 Å². The number of fused-ring (bicyclic) bond motifs is 4. The summed E-state index contributed by atoms with van der Waals surface area (Å²) in [6.45, 7) is 0. The SMILES string of the molecule is [Ir].[c-]1ccc2c(c1-c1ncc3ccc4ccccc4c3n1)CCCC2.[c-]1ccccc1-c1ccccn1. The molecule has 37 heavy (non-hydrogen) atoms. The minimum Gasteiger partial charge on any atom is -0.305 e. The maximum Gasteiger partial charge on any atom is 0.0759 e. The monoisotopic (exact) mass is 656 g/mol. The Balaban J connectivity index is 0.000000183. The van der Waals surface area contributed by atoms with Gasteiger partial charge in [-0.25, -0.2) is 0 Å². The maximum atomic E-state index is 4.94. The Labute approximate surface area is 231 Å². The van der Waals surface area contributed by atoms with Crippen LogP contribution in [-0.2, 0) is 32.9 Å². The summed E-state index contributed by atoms with van der Waals surface area (Å²) in [6.07, 6.45) is 8.52. The number of hydrogen-bond donors (Lipinski definition) is 0. The molecule has 3 nitrogen and oxygen atoms in total. The summed E-state index contributed by atoms with van der Waals surface area (Å²) in [5.41, 5.74) is 6.96. The zero-order chi connectivity index (χ0) is 24.2. The molecule has 2 aromatic heterocycles. The molecular weight excluding hydrogens is 631 g/mol. The third kappa shape index (κ3) is 5.36. The van der Waals surface area contributed by atoms with Crippen molar-refractivity contribution in [3.05, 3.63) is 127 Å². The fourth-order valence-corrected chi connectivity index (χ4v) is 4.87. The van der Waals surface area contributed by atoms with Crippen molar-refractivity contribution in [1.82, 2.24) is 15.0 Å². The molecule has 2 heterocycles. The third-order valence-corrected chi connectivity index (χ3v) is 6.67. The molecule has 0 unspecified atom stereocenters. The first-order valence-corrected chi connectivity index (χ1v) is 12.4. The van der Waals surface area contributed by atoms with Crippen LogP contribution in [0.15, 0.2) is 103 Å². The van der Waals surface area contributed by atoms with Crippen LogP contribution in [0.2, 0.25) is 0 Å². The Morgan fingerprint density at radius 3 is 2.38 bits per heavy atom. The van der Waals surface area contributed by atoms with Gasteiger partial charge in [-0.05, 0) is 23.6 Å². The minimum atomic E-state index is 0. The molecule has 0 N–H and O–H groups in total. The largest absolute Gasteiger partial charge is 0.305 e. The Kier molecular flexibility index (Phi) is 7.79. The van der Waals surface area contributed by atoms with E-state index in [1.165, 1.54) is 34.7 Å². The van der Waals surface area contributed by atoms with Gasteiger partial charge in [-0.15, -0.1) is 70.8 Å². The molecule has 0 spiro atoms. The van der Waals surface area contributed by atoms with Gasteiger partial charge in [-0.3, -0.25) is 9.97 Å². The molecule has 7 rings (SSSR count). The first-order valence-electron chi connectivity index (χ1n) is 12.4. The van der Waals surface area contributed by atoms with E-state index in [9.17, 15) is 0 Å². The average molecular weight is 656 g/mol. The van der Waals surface area contributed by atoms with Gasteiger partial charge in [0.2, 0.25) is 0 Å². The molecule has 0 saturated carbocycles. The molecule has 0 atom stereocenters. The van der Waals surface area contributed by atoms with E-state index in [0.29, 0.717) is 0 Å². The standard InChI is InChI=1S/C22H17N2.C11H8N.Ir/c1-3-9-18-15(6-1)8-5-11-20(18)22-23-14-17-13-12-16-7-2-4-10-19(16)21(17)24-22;1-2-6-10(7-3-1)11-8-4-5-9-12-11;/h2,4-5,7-8,10,12-14H,1,3,6,9H2;1-6,8-9H;/q2*-1;. The summed E-state index contributed by atoms with van der Waals surface area (Å²) in [4.78, 5) is 13.8. The van der Waals surface area contributed by atoms with E-state index in [4.69, 9.17) is 4.98 Å². The van der Waals surface area contributed by atoms with Gasteiger partial charge in [-0.2, -0.15) is 0 Å². The van der Waals surface area contributed by atoms with Gasteiger partial charge in [0, 0.05) is 43.3 Å². The van der Waals surface area contributed by atoms with E-state index in [2.05, 4.69) is 64.6 Å². The van der Waals surface area contributed by atoms with E-state index in [-0.39, 0.29) is 20.1 Å². The molecule has 0 aliphatic heterocycles. The van der Waals surface area contributed by atoms with Crippen LogP contribution >= 0.6 is 0 Å². The minimum absolute atomic E-state index is 0. The molecule has 0 bridgehead atoms. The molecule has 183 valence electrons.